The molecule has 4 heterocycles. The maximum absolute atomic E-state index is 12.7. The molecule has 0 aromatic carbocycles. The van der Waals surface area contributed by atoms with Gasteiger partial charge in [0.15, 0.2) is 17.0 Å². The van der Waals surface area contributed by atoms with Crippen molar-refractivity contribution in [1.82, 2.24) is 19.5 Å². The minimum absolute atomic E-state index is 0.161. The van der Waals surface area contributed by atoms with Crippen LogP contribution in [-0.4, -0.2) is 55.3 Å². The third-order valence-electron chi connectivity index (χ3n) is 6.35. The highest BCUT2D eigenvalue weighted by molar-refractivity contribution is 7.71. The maximum Gasteiger partial charge on any atom is 0.472 e. The summed E-state index contributed by atoms with van der Waals surface area (Å²) < 4.78 is 36.0. The van der Waals surface area contributed by atoms with Crippen LogP contribution in [0.4, 0.5) is 0 Å². The van der Waals surface area contributed by atoms with Crippen LogP contribution >= 0.6 is 20.0 Å². The molecular formula is C22H33N4O7PS. The van der Waals surface area contributed by atoms with Gasteiger partial charge >= 0.3 is 13.8 Å². The average Bonchev–Trinajstić information content (AvgIpc) is 3.39. The number of hydrogen-bond acceptors (Lipinski definition) is 9. The van der Waals surface area contributed by atoms with Crippen molar-refractivity contribution in [1.29, 1.82) is 0 Å². The van der Waals surface area contributed by atoms with Gasteiger partial charge in [0.05, 0.1) is 19.3 Å². The summed E-state index contributed by atoms with van der Waals surface area (Å²) in [5.74, 6) is -0.408. The number of carbonyl (C=O) groups excluding carboxylic acids is 1. The molecule has 2 N–H and O–H groups in total. The number of hydrogen-bond donors (Lipinski definition) is 2. The molecule has 0 aliphatic carbocycles. The first-order valence-corrected chi connectivity index (χ1v) is 14.2. The molecule has 35 heavy (non-hydrogen) atoms. The highest BCUT2D eigenvalue weighted by atomic mass is 32.1. The Hall–Kier alpha value is -1.69. The number of aromatic amines is 1. The van der Waals surface area contributed by atoms with Crippen LogP contribution in [-0.2, 0) is 27.9 Å². The summed E-state index contributed by atoms with van der Waals surface area (Å²) in [5.41, 5.74) is 0.993. The van der Waals surface area contributed by atoms with Gasteiger partial charge in [0.2, 0.25) is 0 Å². The molecule has 2 saturated heterocycles. The summed E-state index contributed by atoms with van der Waals surface area (Å²) in [4.78, 5) is 33.9. The van der Waals surface area contributed by atoms with E-state index < -0.39 is 38.3 Å². The van der Waals surface area contributed by atoms with E-state index in [0.29, 0.717) is 15.8 Å². The van der Waals surface area contributed by atoms with E-state index in [1.807, 2.05) is 0 Å². The molecule has 5 atom stereocenters. The van der Waals surface area contributed by atoms with E-state index in [0.717, 1.165) is 19.3 Å². The molecule has 13 heteroatoms. The number of fused-ring (bicyclic) bond motifs is 2. The molecule has 0 amide bonds. The fraction of sp³-hybridized carbons (Fsp3) is 0.727. The fourth-order valence-electron chi connectivity index (χ4n) is 4.53. The lowest BCUT2D eigenvalue weighted by molar-refractivity contribution is -0.158. The summed E-state index contributed by atoms with van der Waals surface area (Å²) in [6.07, 6.45) is 9.96. The molecule has 2 aromatic rings. The number of ether oxygens (including phenoxy) is 2. The number of nitrogens with one attached hydrogen (secondary N) is 1. The third kappa shape index (κ3) is 6.55. The van der Waals surface area contributed by atoms with Crippen molar-refractivity contribution in [2.24, 2.45) is 0 Å². The van der Waals surface area contributed by atoms with Gasteiger partial charge in [-0.3, -0.25) is 18.4 Å². The molecule has 2 aliphatic heterocycles. The van der Waals surface area contributed by atoms with Crippen LogP contribution in [0.1, 0.15) is 77.4 Å². The smallest absolute Gasteiger partial charge is 0.455 e. The molecule has 4 rings (SSSR count). The maximum atomic E-state index is 12.7. The zero-order valence-electron chi connectivity index (χ0n) is 19.8. The van der Waals surface area contributed by atoms with Crippen LogP contribution in [0.3, 0.4) is 0 Å². The van der Waals surface area contributed by atoms with E-state index in [4.69, 9.17) is 30.7 Å². The molecule has 2 aromatic heterocycles. The van der Waals surface area contributed by atoms with Crippen LogP contribution in [0.15, 0.2) is 12.7 Å². The predicted molar refractivity (Wildman–Crippen MR) is 129 cm³/mol. The Kier molecular flexibility index (Phi) is 9.07. The van der Waals surface area contributed by atoms with Crippen LogP contribution in [0.25, 0.3) is 11.2 Å². The number of nitrogens with zero attached hydrogens (tertiary/aromatic N) is 3. The number of esters is 1. The van der Waals surface area contributed by atoms with E-state index in [1.54, 1.807) is 4.57 Å². The Labute approximate surface area is 209 Å². The van der Waals surface area contributed by atoms with Gasteiger partial charge in [-0.1, -0.05) is 70.5 Å². The quantitative estimate of drug-likeness (QED) is 0.172. The van der Waals surface area contributed by atoms with E-state index in [2.05, 4.69) is 21.9 Å². The van der Waals surface area contributed by atoms with Gasteiger partial charge in [0.25, 0.3) is 0 Å². The molecule has 0 bridgehead atoms. The Morgan fingerprint density at radius 1 is 1.23 bits per heavy atom. The van der Waals surface area contributed by atoms with Crippen LogP contribution in [0.5, 0.6) is 0 Å². The lowest BCUT2D eigenvalue weighted by atomic mass is 10.1. The topological polar surface area (TPSA) is 138 Å². The molecule has 1 unspecified atom stereocenters. The normalized spacial score (nSPS) is 28.3. The largest absolute Gasteiger partial charge is 0.472 e. The monoisotopic (exact) mass is 528 g/mol. The van der Waals surface area contributed by atoms with Crippen molar-refractivity contribution in [2.75, 3.05) is 6.61 Å². The van der Waals surface area contributed by atoms with Crippen molar-refractivity contribution < 1.29 is 32.8 Å². The molecule has 0 radical (unpaired) electrons. The zero-order valence-corrected chi connectivity index (χ0v) is 21.5. The van der Waals surface area contributed by atoms with Crippen molar-refractivity contribution in [3.05, 3.63) is 17.3 Å². The van der Waals surface area contributed by atoms with Crippen molar-refractivity contribution in [2.45, 2.75) is 95.7 Å². The highest BCUT2D eigenvalue weighted by Crippen LogP contribution is 2.53. The van der Waals surface area contributed by atoms with Gasteiger partial charge in [-0.05, 0) is 6.42 Å². The second-order valence-corrected chi connectivity index (χ2v) is 10.8. The molecule has 0 saturated carbocycles. The van der Waals surface area contributed by atoms with Gasteiger partial charge < -0.3 is 19.4 Å². The van der Waals surface area contributed by atoms with Crippen molar-refractivity contribution >= 4 is 37.2 Å². The van der Waals surface area contributed by atoms with Gasteiger partial charge in [0.1, 0.15) is 23.4 Å². The molecule has 0 spiro atoms. The number of aromatic nitrogens is 4. The van der Waals surface area contributed by atoms with Gasteiger partial charge in [0, 0.05) is 6.42 Å². The standard InChI is InChI=1S/C22H33N4O7PS/c1-2-3-4-5-6-7-8-9-10-11-16(27)32-19-18-15(12-30-34(28,29)33-18)31-22(19)26-14-25-17-20(26)23-13-24-21(17)35/h13-15,18-19,22H,2-12H2,1H3,(H,28,29)(H,23,24,35)/t15-,18-,19-,22-/m1/s1. The number of carbonyl (C=O) groups is 1. The van der Waals surface area contributed by atoms with Gasteiger partial charge in [-0.25, -0.2) is 14.5 Å². The predicted octanol–water partition coefficient (Wildman–Crippen LogP) is 4.73. The summed E-state index contributed by atoms with van der Waals surface area (Å²) >= 11 is 5.23. The Morgan fingerprint density at radius 2 is 1.94 bits per heavy atom. The number of rotatable bonds is 12. The molecule has 11 nitrogen and oxygen atoms in total. The summed E-state index contributed by atoms with van der Waals surface area (Å²) in [6.45, 7) is 2.05. The highest BCUT2D eigenvalue weighted by Gasteiger charge is 2.55. The Balaban J connectivity index is 1.38. The first-order chi connectivity index (χ1) is 16.9. The molecule has 2 aliphatic rings. The number of unbranched alkanes of at least 4 members (excludes halogenated alkanes) is 8. The Bertz CT molecular complexity index is 1110. The van der Waals surface area contributed by atoms with Crippen molar-refractivity contribution in [3.8, 4) is 0 Å². The zero-order chi connectivity index (χ0) is 24.8. The lowest BCUT2D eigenvalue weighted by Gasteiger charge is -2.29. The summed E-state index contributed by atoms with van der Waals surface area (Å²) in [5, 5.41) is 0. The average molecular weight is 529 g/mol. The van der Waals surface area contributed by atoms with Gasteiger partial charge in [-0.15, -0.1) is 0 Å². The number of H-pyrrole nitrogens is 1. The van der Waals surface area contributed by atoms with E-state index in [-0.39, 0.29) is 13.0 Å². The fourth-order valence-corrected chi connectivity index (χ4v) is 5.69. The number of imidazole rings is 1. The van der Waals surface area contributed by atoms with E-state index >= 15 is 0 Å². The second kappa shape index (κ2) is 12.0. The van der Waals surface area contributed by atoms with E-state index in [1.165, 1.54) is 51.2 Å². The summed E-state index contributed by atoms with van der Waals surface area (Å²) in [6, 6.07) is 0. The number of phosphoric acid groups is 1. The third-order valence-corrected chi connectivity index (χ3v) is 7.63. The minimum atomic E-state index is -4.27. The molecular weight excluding hydrogens is 495 g/mol. The molecule has 2 fully saturated rings. The van der Waals surface area contributed by atoms with E-state index in [9.17, 15) is 14.3 Å². The first-order valence-electron chi connectivity index (χ1n) is 12.3. The van der Waals surface area contributed by atoms with Crippen LogP contribution in [0, 0.1) is 4.64 Å². The molecule has 194 valence electrons. The van der Waals surface area contributed by atoms with Crippen molar-refractivity contribution in [3.63, 3.8) is 0 Å². The SMILES string of the molecule is CCCCCCCCCCCC(=O)O[C@@H]1[C@@H]2OP(=O)(O)OC[C@H]2O[C@H]1n1cnc2c(=S)nc[nH]c21. The Morgan fingerprint density at radius 3 is 2.69 bits per heavy atom. The van der Waals surface area contributed by atoms with Gasteiger partial charge in [-0.2, -0.15) is 0 Å². The first kappa shape index (κ1) is 26.4. The summed E-state index contributed by atoms with van der Waals surface area (Å²) in [7, 11) is -4.27. The number of phosphoric ester groups is 1. The van der Waals surface area contributed by atoms with Crippen LogP contribution < -0.4 is 0 Å². The second-order valence-electron chi connectivity index (χ2n) is 8.99. The lowest BCUT2D eigenvalue weighted by Crippen LogP contribution is -2.41. The van der Waals surface area contributed by atoms with Crippen LogP contribution in [0.2, 0.25) is 0 Å². The minimum Gasteiger partial charge on any atom is -0.455 e.